The van der Waals surface area contributed by atoms with Gasteiger partial charge in [0.2, 0.25) is 5.88 Å². The van der Waals surface area contributed by atoms with Crippen molar-refractivity contribution >= 4 is 34.9 Å². The molecule has 136 valence electrons. The van der Waals surface area contributed by atoms with E-state index in [9.17, 15) is 9.90 Å². The Morgan fingerprint density at radius 2 is 1.88 bits per heavy atom. The Bertz CT molecular complexity index is 889. The van der Waals surface area contributed by atoms with Crippen LogP contribution in [0, 0.1) is 0 Å². The van der Waals surface area contributed by atoms with E-state index in [2.05, 4.69) is 10.3 Å². The van der Waals surface area contributed by atoms with Crippen molar-refractivity contribution in [2.45, 2.75) is 32.8 Å². The SMILES string of the molecule is CC1=C(C(=O)O)C(c2c(Cl)cccc2Cl)c2c(ccnc2OC(C)C)N1. The lowest BCUT2D eigenvalue weighted by atomic mass is 9.81. The third-order valence-electron chi connectivity index (χ3n) is 4.12. The number of nitrogens with zero attached hydrogens (tertiary/aromatic N) is 1. The highest BCUT2D eigenvalue weighted by atomic mass is 35.5. The second-order valence-corrected chi connectivity index (χ2v) is 7.10. The number of carbonyl (C=O) groups is 1. The van der Waals surface area contributed by atoms with E-state index < -0.39 is 11.9 Å². The van der Waals surface area contributed by atoms with E-state index >= 15 is 0 Å². The number of hydrogen-bond acceptors (Lipinski definition) is 4. The van der Waals surface area contributed by atoms with Crippen LogP contribution in [0.4, 0.5) is 5.69 Å². The fourth-order valence-corrected chi connectivity index (χ4v) is 3.76. The van der Waals surface area contributed by atoms with Gasteiger partial charge in [-0.25, -0.2) is 9.78 Å². The van der Waals surface area contributed by atoms with Crippen molar-refractivity contribution in [3.8, 4) is 5.88 Å². The maximum Gasteiger partial charge on any atom is 0.334 e. The van der Waals surface area contributed by atoms with Crippen LogP contribution in [0.25, 0.3) is 0 Å². The van der Waals surface area contributed by atoms with E-state index in [1.165, 1.54) is 0 Å². The van der Waals surface area contributed by atoms with E-state index in [0.717, 1.165) is 5.69 Å². The Morgan fingerprint density at radius 3 is 2.46 bits per heavy atom. The Labute approximate surface area is 161 Å². The number of anilines is 1. The molecular formula is C19H18Cl2N2O3. The first-order valence-corrected chi connectivity index (χ1v) is 8.87. The first-order chi connectivity index (χ1) is 12.3. The third kappa shape index (κ3) is 3.24. The molecule has 26 heavy (non-hydrogen) atoms. The smallest absolute Gasteiger partial charge is 0.334 e. The molecule has 2 heterocycles. The minimum absolute atomic E-state index is 0.128. The van der Waals surface area contributed by atoms with Crippen LogP contribution >= 0.6 is 23.2 Å². The fourth-order valence-electron chi connectivity index (χ4n) is 3.15. The zero-order chi connectivity index (χ0) is 19.0. The lowest BCUT2D eigenvalue weighted by Crippen LogP contribution is -2.25. The van der Waals surface area contributed by atoms with Crippen LogP contribution in [-0.2, 0) is 4.79 Å². The molecule has 1 aromatic carbocycles. The largest absolute Gasteiger partial charge is 0.478 e. The summed E-state index contributed by atoms with van der Waals surface area (Å²) in [5, 5.41) is 13.8. The van der Waals surface area contributed by atoms with Crippen LogP contribution < -0.4 is 10.1 Å². The monoisotopic (exact) mass is 392 g/mol. The lowest BCUT2D eigenvalue weighted by molar-refractivity contribution is -0.132. The highest BCUT2D eigenvalue weighted by Crippen LogP contribution is 2.49. The normalized spacial score (nSPS) is 16.3. The van der Waals surface area contributed by atoms with Crippen LogP contribution in [0.2, 0.25) is 10.0 Å². The van der Waals surface area contributed by atoms with Gasteiger partial charge in [0.25, 0.3) is 0 Å². The zero-order valence-corrected chi connectivity index (χ0v) is 16.0. The molecule has 1 atom stereocenters. The Morgan fingerprint density at radius 1 is 1.23 bits per heavy atom. The first-order valence-electron chi connectivity index (χ1n) is 8.11. The van der Waals surface area contributed by atoms with Gasteiger partial charge >= 0.3 is 5.97 Å². The van der Waals surface area contributed by atoms with Gasteiger partial charge in [-0.1, -0.05) is 29.3 Å². The molecule has 1 aliphatic rings. The van der Waals surface area contributed by atoms with Crippen molar-refractivity contribution in [3.05, 3.63) is 62.9 Å². The molecule has 7 heteroatoms. The highest BCUT2D eigenvalue weighted by molar-refractivity contribution is 6.36. The number of aliphatic carboxylic acids is 1. The summed E-state index contributed by atoms with van der Waals surface area (Å²) in [7, 11) is 0. The summed E-state index contributed by atoms with van der Waals surface area (Å²) >= 11 is 12.8. The molecule has 0 saturated carbocycles. The molecule has 0 spiro atoms. The molecule has 0 amide bonds. The van der Waals surface area contributed by atoms with Crippen LogP contribution in [0.5, 0.6) is 5.88 Å². The predicted molar refractivity (Wildman–Crippen MR) is 102 cm³/mol. The standard InChI is InChI=1S/C19H18Cl2N2O3/c1-9(2)26-18-16-13(7-8-22-18)23-10(3)14(19(24)25)17(16)15-11(20)5-4-6-12(15)21/h4-9,17,23H,1-3H3,(H,24,25). The minimum Gasteiger partial charge on any atom is -0.478 e. The minimum atomic E-state index is -1.05. The molecule has 0 fully saturated rings. The van der Waals surface area contributed by atoms with Crippen molar-refractivity contribution in [1.29, 1.82) is 0 Å². The number of hydrogen-bond donors (Lipinski definition) is 2. The summed E-state index contributed by atoms with van der Waals surface area (Å²) < 4.78 is 5.85. The average Bonchev–Trinajstić information content (AvgIpc) is 2.53. The molecule has 1 aliphatic heterocycles. The summed E-state index contributed by atoms with van der Waals surface area (Å²) in [6.07, 6.45) is 1.49. The molecule has 0 radical (unpaired) electrons. The lowest BCUT2D eigenvalue weighted by Gasteiger charge is -2.31. The summed E-state index contributed by atoms with van der Waals surface area (Å²) in [5.41, 5.74) is 2.54. The van der Waals surface area contributed by atoms with Crippen molar-refractivity contribution in [3.63, 3.8) is 0 Å². The second kappa shape index (κ2) is 7.17. The van der Waals surface area contributed by atoms with Gasteiger partial charge in [-0.05, 0) is 39.0 Å². The number of carboxylic acids is 1. The number of fused-ring (bicyclic) bond motifs is 1. The molecule has 5 nitrogen and oxygen atoms in total. The van der Waals surface area contributed by atoms with Crippen LogP contribution in [0.15, 0.2) is 41.7 Å². The van der Waals surface area contributed by atoms with Gasteiger partial charge in [0.05, 0.1) is 23.2 Å². The number of halogens is 2. The average molecular weight is 393 g/mol. The molecule has 3 rings (SSSR count). The Kier molecular flexibility index (Phi) is 5.12. The van der Waals surface area contributed by atoms with Gasteiger partial charge < -0.3 is 15.2 Å². The van der Waals surface area contributed by atoms with Gasteiger partial charge in [-0.3, -0.25) is 0 Å². The molecule has 2 aromatic rings. The molecule has 0 aliphatic carbocycles. The maximum absolute atomic E-state index is 12.1. The number of rotatable bonds is 4. The van der Waals surface area contributed by atoms with Gasteiger partial charge in [0, 0.05) is 33.2 Å². The Balaban J connectivity index is 2.34. The number of pyridine rings is 1. The zero-order valence-electron chi connectivity index (χ0n) is 14.5. The fraction of sp³-hybridized carbons (Fsp3) is 0.263. The third-order valence-corrected chi connectivity index (χ3v) is 4.78. The number of carboxylic acid groups (broad SMARTS) is 1. The van der Waals surface area contributed by atoms with Gasteiger partial charge in [0.15, 0.2) is 0 Å². The molecule has 0 bridgehead atoms. The van der Waals surface area contributed by atoms with E-state index in [1.807, 2.05) is 13.8 Å². The van der Waals surface area contributed by atoms with Gasteiger partial charge in [-0.15, -0.1) is 0 Å². The summed E-state index contributed by atoms with van der Waals surface area (Å²) in [4.78, 5) is 16.4. The van der Waals surface area contributed by atoms with Crippen molar-refractivity contribution in [2.24, 2.45) is 0 Å². The number of nitrogens with one attached hydrogen (secondary N) is 1. The van der Waals surface area contributed by atoms with E-state index in [0.29, 0.717) is 32.7 Å². The maximum atomic E-state index is 12.1. The summed E-state index contributed by atoms with van der Waals surface area (Å²) in [6.45, 7) is 5.48. The quantitative estimate of drug-likeness (QED) is 0.757. The number of benzene rings is 1. The van der Waals surface area contributed by atoms with Crippen LogP contribution in [0.3, 0.4) is 0 Å². The topological polar surface area (TPSA) is 71.5 Å². The number of allylic oxidation sites excluding steroid dienone is 1. The number of aromatic nitrogens is 1. The molecule has 0 saturated heterocycles. The van der Waals surface area contributed by atoms with Crippen molar-refractivity contribution in [1.82, 2.24) is 4.98 Å². The van der Waals surface area contributed by atoms with E-state index in [4.69, 9.17) is 27.9 Å². The highest BCUT2D eigenvalue weighted by Gasteiger charge is 2.37. The van der Waals surface area contributed by atoms with Crippen molar-refractivity contribution in [2.75, 3.05) is 5.32 Å². The van der Waals surface area contributed by atoms with Crippen molar-refractivity contribution < 1.29 is 14.6 Å². The van der Waals surface area contributed by atoms with Crippen LogP contribution in [0.1, 0.15) is 37.8 Å². The summed E-state index contributed by atoms with van der Waals surface area (Å²) in [6, 6.07) is 6.89. The van der Waals surface area contributed by atoms with Crippen LogP contribution in [-0.4, -0.2) is 22.2 Å². The number of ether oxygens (including phenoxy) is 1. The second-order valence-electron chi connectivity index (χ2n) is 6.28. The van der Waals surface area contributed by atoms with Gasteiger partial charge in [-0.2, -0.15) is 0 Å². The molecular weight excluding hydrogens is 375 g/mol. The first kappa shape index (κ1) is 18.5. The molecule has 1 aromatic heterocycles. The molecule has 1 unspecified atom stereocenters. The van der Waals surface area contributed by atoms with E-state index in [1.54, 1.807) is 37.4 Å². The van der Waals surface area contributed by atoms with E-state index in [-0.39, 0.29) is 11.7 Å². The predicted octanol–water partition coefficient (Wildman–Crippen LogP) is 5.09. The summed E-state index contributed by atoms with van der Waals surface area (Å²) in [5.74, 6) is -1.40. The Hall–Kier alpha value is -2.24. The molecule has 2 N–H and O–H groups in total. The van der Waals surface area contributed by atoms with Gasteiger partial charge in [0.1, 0.15) is 0 Å².